The van der Waals surface area contributed by atoms with Crippen LogP contribution in [0.1, 0.15) is 21.5 Å². The predicted octanol–water partition coefficient (Wildman–Crippen LogP) is 3.47. The Kier molecular flexibility index (Phi) is 8.91. The minimum Gasteiger partial charge on any atom is -0.497 e. The van der Waals surface area contributed by atoms with Crippen molar-refractivity contribution in [2.24, 2.45) is 0 Å². The minimum atomic E-state index is -0.291. The SMILES string of the molecule is COc1cccc(NC(=O)COc2ccc(C(=O)NCc3ccc(CN4CCOCC4)cc3)cc2)c1. The van der Waals surface area contributed by atoms with Crippen LogP contribution in [0.4, 0.5) is 5.69 Å². The number of carbonyl (C=O) groups is 2. The fourth-order valence-electron chi connectivity index (χ4n) is 3.81. The Labute approximate surface area is 211 Å². The number of morpholine rings is 1. The lowest BCUT2D eigenvalue weighted by atomic mass is 10.1. The van der Waals surface area contributed by atoms with E-state index < -0.39 is 0 Å². The van der Waals surface area contributed by atoms with Gasteiger partial charge in [0.25, 0.3) is 11.8 Å². The van der Waals surface area contributed by atoms with Gasteiger partial charge in [-0.15, -0.1) is 0 Å². The van der Waals surface area contributed by atoms with E-state index in [-0.39, 0.29) is 18.4 Å². The van der Waals surface area contributed by atoms with Crippen LogP contribution in [-0.2, 0) is 22.6 Å². The van der Waals surface area contributed by atoms with Gasteiger partial charge in [0.05, 0.1) is 20.3 Å². The molecule has 0 unspecified atom stereocenters. The Morgan fingerprint density at radius 1 is 0.917 bits per heavy atom. The second-order valence-electron chi connectivity index (χ2n) is 8.48. The van der Waals surface area contributed by atoms with E-state index in [0.717, 1.165) is 38.4 Å². The number of nitrogens with one attached hydrogen (secondary N) is 2. The summed E-state index contributed by atoms with van der Waals surface area (Å²) in [6, 6.07) is 22.1. The summed E-state index contributed by atoms with van der Waals surface area (Å²) in [6.45, 7) is 4.70. The first-order valence-electron chi connectivity index (χ1n) is 11.9. The highest BCUT2D eigenvalue weighted by atomic mass is 16.5. The van der Waals surface area contributed by atoms with Gasteiger partial charge in [-0.05, 0) is 47.5 Å². The molecule has 8 nitrogen and oxygen atoms in total. The number of nitrogens with zero attached hydrogens (tertiary/aromatic N) is 1. The molecule has 0 saturated carbocycles. The summed E-state index contributed by atoms with van der Waals surface area (Å²) in [5.74, 6) is 0.697. The molecule has 1 aliphatic heterocycles. The number of ether oxygens (including phenoxy) is 3. The zero-order chi connectivity index (χ0) is 25.2. The molecule has 36 heavy (non-hydrogen) atoms. The third-order valence-corrected chi connectivity index (χ3v) is 5.83. The Morgan fingerprint density at radius 3 is 2.36 bits per heavy atom. The number of hydrogen-bond donors (Lipinski definition) is 2. The lowest BCUT2D eigenvalue weighted by Crippen LogP contribution is -2.35. The highest BCUT2D eigenvalue weighted by molar-refractivity contribution is 5.94. The van der Waals surface area contributed by atoms with Crippen LogP contribution in [-0.4, -0.2) is 56.7 Å². The zero-order valence-electron chi connectivity index (χ0n) is 20.4. The molecule has 1 fully saturated rings. The average molecular weight is 490 g/mol. The van der Waals surface area contributed by atoms with Gasteiger partial charge in [0.1, 0.15) is 11.5 Å². The summed E-state index contributed by atoms with van der Waals surface area (Å²) >= 11 is 0. The van der Waals surface area contributed by atoms with Crippen molar-refractivity contribution in [1.82, 2.24) is 10.2 Å². The molecule has 0 aromatic heterocycles. The Balaban J connectivity index is 1.20. The van der Waals surface area contributed by atoms with E-state index in [1.807, 2.05) is 12.1 Å². The molecule has 3 aromatic carbocycles. The zero-order valence-corrected chi connectivity index (χ0v) is 20.4. The van der Waals surface area contributed by atoms with Crippen LogP contribution in [0.5, 0.6) is 11.5 Å². The number of amides is 2. The summed E-state index contributed by atoms with van der Waals surface area (Å²) in [7, 11) is 1.57. The molecule has 0 radical (unpaired) electrons. The molecule has 0 bridgehead atoms. The van der Waals surface area contributed by atoms with Crippen molar-refractivity contribution in [3.05, 3.63) is 89.5 Å². The van der Waals surface area contributed by atoms with Crippen LogP contribution in [0.2, 0.25) is 0 Å². The Bertz CT molecular complexity index is 1140. The van der Waals surface area contributed by atoms with E-state index >= 15 is 0 Å². The first-order valence-corrected chi connectivity index (χ1v) is 11.9. The maximum atomic E-state index is 12.5. The van der Waals surface area contributed by atoms with Gasteiger partial charge in [-0.1, -0.05) is 30.3 Å². The fraction of sp³-hybridized carbons (Fsp3) is 0.286. The molecule has 8 heteroatoms. The van der Waals surface area contributed by atoms with Gasteiger partial charge < -0.3 is 24.8 Å². The maximum absolute atomic E-state index is 12.5. The third-order valence-electron chi connectivity index (χ3n) is 5.83. The number of rotatable bonds is 10. The molecular weight excluding hydrogens is 458 g/mol. The van der Waals surface area contributed by atoms with Crippen LogP contribution in [0.25, 0.3) is 0 Å². The van der Waals surface area contributed by atoms with Crippen LogP contribution in [0.3, 0.4) is 0 Å². The maximum Gasteiger partial charge on any atom is 0.262 e. The van der Waals surface area contributed by atoms with Gasteiger partial charge in [-0.25, -0.2) is 0 Å². The molecule has 3 aromatic rings. The number of benzene rings is 3. The summed E-state index contributed by atoms with van der Waals surface area (Å²) in [4.78, 5) is 27.1. The molecule has 2 N–H and O–H groups in total. The van der Waals surface area contributed by atoms with Crippen molar-refractivity contribution in [2.45, 2.75) is 13.1 Å². The van der Waals surface area contributed by atoms with Crippen LogP contribution >= 0.6 is 0 Å². The highest BCUT2D eigenvalue weighted by Crippen LogP contribution is 2.17. The smallest absolute Gasteiger partial charge is 0.262 e. The molecule has 1 saturated heterocycles. The number of anilines is 1. The average Bonchev–Trinajstić information content (AvgIpc) is 2.92. The summed E-state index contributed by atoms with van der Waals surface area (Å²) in [6.07, 6.45) is 0. The summed E-state index contributed by atoms with van der Waals surface area (Å²) < 4.78 is 16.1. The third kappa shape index (κ3) is 7.56. The Hall–Kier alpha value is -3.88. The molecule has 2 amide bonds. The number of hydrogen-bond acceptors (Lipinski definition) is 6. The second-order valence-corrected chi connectivity index (χ2v) is 8.48. The van der Waals surface area contributed by atoms with Crippen LogP contribution in [0, 0.1) is 0 Å². The monoisotopic (exact) mass is 489 g/mol. The number of carbonyl (C=O) groups excluding carboxylic acids is 2. The normalized spacial score (nSPS) is 13.6. The van der Waals surface area contributed by atoms with Gasteiger partial charge in [0, 0.05) is 43.5 Å². The van der Waals surface area contributed by atoms with Crippen molar-refractivity contribution in [3.8, 4) is 11.5 Å². The van der Waals surface area contributed by atoms with E-state index in [2.05, 4.69) is 27.7 Å². The fourth-order valence-corrected chi connectivity index (χ4v) is 3.81. The standard InChI is InChI=1S/C28H31N3O5/c1-34-26-4-2-3-24(17-26)30-27(32)20-36-25-11-9-23(10-12-25)28(33)29-18-21-5-7-22(8-6-21)19-31-13-15-35-16-14-31/h2-12,17H,13-16,18-20H2,1H3,(H,29,33)(H,30,32). The molecule has 0 atom stereocenters. The van der Waals surface area contributed by atoms with E-state index in [9.17, 15) is 9.59 Å². The predicted molar refractivity (Wildman–Crippen MR) is 137 cm³/mol. The Morgan fingerprint density at radius 2 is 1.64 bits per heavy atom. The molecule has 0 aliphatic carbocycles. The van der Waals surface area contributed by atoms with Gasteiger partial charge in [0.15, 0.2) is 6.61 Å². The molecule has 1 heterocycles. The van der Waals surface area contributed by atoms with Gasteiger partial charge in [-0.2, -0.15) is 0 Å². The van der Waals surface area contributed by atoms with Gasteiger partial charge >= 0.3 is 0 Å². The summed E-state index contributed by atoms with van der Waals surface area (Å²) in [5, 5.41) is 5.70. The van der Waals surface area contributed by atoms with Gasteiger partial charge in [-0.3, -0.25) is 14.5 Å². The second kappa shape index (κ2) is 12.7. The topological polar surface area (TPSA) is 89.1 Å². The lowest BCUT2D eigenvalue weighted by Gasteiger charge is -2.26. The molecular formula is C28H31N3O5. The van der Waals surface area contributed by atoms with E-state index in [1.54, 1.807) is 55.6 Å². The molecule has 188 valence electrons. The molecule has 1 aliphatic rings. The largest absolute Gasteiger partial charge is 0.497 e. The molecule has 4 rings (SSSR count). The van der Waals surface area contributed by atoms with Crippen molar-refractivity contribution >= 4 is 17.5 Å². The highest BCUT2D eigenvalue weighted by Gasteiger charge is 2.11. The molecule has 0 spiro atoms. The quantitative estimate of drug-likeness (QED) is 0.453. The lowest BCUT2D eigenvalue weighted by molar-refractivity contribution is -0.118. The minimum absolute atomic E-state index is 0.149. The first kappa shape index (κ1) is 25.2. The van der Waals surface area contributed by atoms with E-state index in [0.29, 0.717) is 29.3 Å². The van der Waals surface area contributed by atoms with Crippen molar-refractivity contribution in [1.29, 1.82) is 0 Å². The first-order chi connectivity index (χ1) is 17.6. The number of methoxy groups -OCH3 is 1. The van der Waals surface area contributed by atoms with Crippen molar-refractivity contribution in [3.63, 3.8) is 0 Å². The van der Waals surface area contributed by atoms with E-state index in [4.69, 9.17) is 14.2 Å². The van der Waals surface area contributed by atoms with E-state index in [1.165, 1.54) is 5.56 Å². The van der Waals surface area contributed by atoms with Crippen molar-refractivity contribution < 1.29 is 23.8 Å². The summed E-state index contributed by atoms with van der Waals surface area (Å²) in [5.41, 5.74) is 3.43. The van der Waals surface area contributed by atoms with Crippen LogP contribution < -0.4 is 20.1 Å². The van der Waals surface area contributed by atoms with Gasteiger partial charge in [0.2, 0.25) is 0 Å². The van der Waals surface area contributed by atoms with Crippen molar-refractivity contribution in [2.75, 3.05) is 45.3 Å². The van der Waals surface area contributed by atoms with Crippen LogP contribution in [0.15, 0.2) is 72.8 Å².